The second-order valence-electron chi connectivity index (χ2n) is 8.04. The van der Waals surface area contributed by atoms with Gasteiger partial charge in [-0.25, -0.2) is 14.0 Å². The second-order valence-corrected chi connectivity index (χ2v) is 8.48. The number of piperidine rings is 1. The van der Waals surface area contributed by atoms with E-state index in [9.17, 15) is 14.4 Å². The number of ketones is 1. The lowest BCUT2D eigenvalue weighted by atomic mass is 9.96. The number of nitrogens with zero attached hydrogens (tertiary/aromatic N) is 4. The van der Waals surface area contributed by atoms with Crippen LogP contribution in [0.1, 0.15) is 47.8 Å². The predicted octanol–water partition coefficient (Wildman–Crippen LogP) is 3.59. The van der Waals surface area contributed by atoms with Gasteiger partial charge in [-0.3, -0.25) is 9.59 Å². The van der Waals surface area contributed by atoms with Crippen molar-refractivity contribution in [2.75, 3.05) is 13.1 Å². The minimum atomic E-state index is -0.205. The topological polar surface area (TPSA) is 77.2 Å². The summed E-state index contributed by atoms with van der Waals surface area (Å²) in [5, 5.41) is 5.06. The zero-order valence-corrected chi connectivity index (χ0v) is 18.7. The van der Waals surface area contributed by atoms with Crippen molar-refractivity contribution in [2.45, 2.75) is 31.6 Å². The maximum Gasteiger partial charge on any atom is 0.350 e. The largest absolute Gasteiger partial charge is 0.350 e. The van der Waals surface area contributed by atoms with E-state index >= 15 is 0 Å². The number of aromatic nitrogens is 3. The number of Topliss-reactive ketones (excluding diaryl/α,β-unsaturated/α-hetero) is 1. The SMILES string of the molecule is Cn1nc(C2CCCN(C(=O)CCC(=O)c3ccc(Cl)cc3)C2)n(-c2ccccc2)c1=O. The minimum Gasteiger partial charge on any atom is -0.342 e. The smallest absolute Gasteiger partial charge is 0.342 e. The van der Waals surface area contributed by atoms with Crippen molar-refractivity contribution in [3.8, 4) is 5.69 Å². The molecule has 1 amide bonds. The van der Waals surface area contributed by atoms with Gasteiger partial charge in [0.1, 0.15) is 5.82 Å². The van der Waals surface area contributed by atoms with Crippen LogP contribution in [0.2, 0.25) is 5.02 Å². The third-order valence-electron chi connectivity index (χ3n) is 5.84. The van der Waals surface area contributed by atoms with Gasteiger partial charge in [0.05, 0.1) is 5.69 Å². The van der Waals surface area contributed by atoms with Crippen LogP contribution in [0, 0.1) is 0 Å². The number of carbonyl (C=O) groups excluding carboxylic acids is 2. The van der Waals surface area contributed by atoms with Crippen molar-refractivity contribution in [3.63, 3.8) is 0 Å². The number of hydrogen-bond acceptors (Lipinski definition) is 4. The van der Waals surface area contributed by atoms with Gasteiger partial charge in [-0.05, 0) is 49.2 Å². The van der Waals surface area contributed by atoms with E-state index in [0.717, 1.165) is 18.5 Å². The van der Waals surface area contributed by atoms with Crippen molar-refractivity contribution in [1.29, 1.82) is 0 Å². The van der Waals surface area contributed by atoms with Gasteiger partial charge >= 0.3 is 5.69 Å². The third kappa shape index (κ3) is 4.67. The number of halogens is 1. The summed E-state index contributed by atoms with van der Waals surface area (Å²) in [6, 6.07) is 16.1. The molecular weight excluding hydrogens is 428 g/mol. The number of rotatable bonds is 6. The number of hydrogen-bond donors (Lipinski definition) is 0. The number of amides is 1. The van der Waals surface area contributed by atoms with Gasteiger partial charge in [0.2, 0.25) is 5.91 Å². The second kappa shape index (κ2) is 9.53. The van der Waals surface area contributed by atoms with Crippen LogP contribution in [0.5, 0.6) is 0 Å². The van der Waals surface area contributed by atoms with Gasteiger partial charge in [0, 0.05) is 49.5 Å². The zero-order valence-electron chi connectivity index (χ0n) is 17.9. The molecule has 1 atom stereocenters. The molecule has 2 heterocycles. The predicted molar refractivity (Wildman–Crippen MR) is 122 cm³/mol. The highest BCUT2D eigenvalue weighted by Gasteiger charge is 2.29. The molecule has 1 aliphatic rings. The first-order valence-corrected chi connectivity index (χ1v) is 11.1. The molecule has 0 radical (unpaired) electrons. The van der Waals surface area contributed by atoms with E-state index in [1.54, 1.807) is 40.8 Å². The van der Waals surface area contributed by atoms with E-state index in [1.807, 2.05) is 30.3 Å². The van der Waals surface area contributed by atoms with Gasteiger partial charge in [-0.15, -0.1) is 0 Å². The summed E-state index contributed by atoms with van der Waals surface area (Å²) in [6.45, 7) is 1.13. The lowest BCUT2D eigenvalue weighted by Gasteiger charge is -2.32. The molecule has 166 valence electrons. The molecule has 1 saturated heterocycles. The molecule has 8 heteroatoms. The van der Waals surface area contributed by atoms with Crippen molar-refractivity contribution in [3.05, 3.63) is 81.5 Å². The fourth-order valence-electron chi connectivity index (χ4n) is 4.14. The molecule has 7 nitrogen and oxygen atoms in total. The molecule has 1 aromatic heterocycles. The summed E-state index contributed by atoms with van der Waals surface area (Å²) in [6.07, 6.45) is 1.97. The van der Waals surface area contributed by atoms with Gasteiger partial charge < -0.3 is 4.90 Å². The molecule has 0 spiro atoms. The number of aryl methyl sites for hydroxylation is 1. The van der Waals surface area contributed by atoms with Crippen LogP contribution in [0.4, 0.5) is 0 Å². The zero-order chi connectivity index (χ0) is 22.7. The summed E-state index contributed by atoms with van der Waals surface area (Å²) in [4.78, 5) is 39.8. The Labute approximate surface area is 191 Å². The Bertz CT molecular complexity index is 1170. The van der Waals surface area contributed by atoms with E-state index in [0.29, 0.717) is 29.5 Å². The number of likely N-dealkylation sites (tertiary alicyclic amines) is 1. The Balaban J connectivity index is 1.45. The highest BCUT2D eigenvalue weighted by Crippen LogP contribution is 2.27. The third-order valence-corrected chi connectivity index (χ3v) is 6.09. The molecule has 1 aliphatic heterocycles. The standard InChI is InChI=1S/C24H25ClN4O3/c1-27-24(32)29(20-7-3-2-4-8-20)23(26-27)18-6-5-15-28(16-18)22(31)14-13-21(30)17-9-11-19(25)12-10-17/h2-4,7-12,18H,5-6,13-16H2,1H3. The fourth-order valence-corrected chi connectivity index (χ4v) is 4.27. The van der Waals surface area contributed by atoms with Crippen LogP contribution in [0.15, 0.2) is 59.4 Å². The molecule has 2 aromatic carbocycles. The molecule has 1 unspecified atom stereocenters. The van der Waals surface area contributed by atoms with Crippen LogP contribution in [-0.2, 0) is 11.8 Å². The fraction of sp³-hybridized carbons (Fsp3) is 0.333. The molecule has 3 aromatic rings. The van der Waals surface area contributed by atoms with E-state index in [2.05, 4.69) is 5.10 Å². The van der Waals surface area contributed by atoms with Crippen molar-refractivity contribution >= 4 is 23.3 Å². The van der Waals surface area contributed by atoms with E-state index < -0.39 is 0 Å². The Morgan fingerprint density at radius 3 is 2.50 bits per heavy atom. The van der Waals surface area contributed by atoms with E-state index in [1.165, 1.54) is 4.68 Å². The molecule has 0 bridgehead atoms. The Morgan fingerprint density at radius 2 is 1.78 bits per heavy atom. The van der Waals surface area contributed by atoms with Crippen LogP contribution >= 0.6 is 11.6 Å². The lowest BCUT2D eigenvalue weighted by molar-refractivity contribution is -0.132. The minimum absolute atomic E-state index is 0.0474. The maximum atomic E-state index is 12.9. The van der Waals surface area contributed by atoms with Crippen LogP contribution in [0.3, 0.4) is 0 Å². The first-order chi connectivity index (χ1) is 15.4. The van der Waals surface area contributed by atoms with E-state index in [4.69, 9.17) is 11.6 Å². The van der Waals surface area contributed by atoms with Crippen LogP contribution < -0.4 is 5.69 Å². The molecule has 1 fully saturated rings. The van der Waals surface area contributed by atoms with Crippen LogP contribution in [0.25, 0.3) is 5.69 Å². The summed E-state index contributed by atoms with van der Waals surface area (Å²) in [5.41, 5.74) is 1.11. The number of carbonyl (C=O) groups is 2. The van der Waals surface area contributed by atoms with Gasteiger partial charge in [0.15, 0.2) is 5.78 Å². The van der Waals surface area contributed by atoms with Gasteiger partial charge in [0.25, 0.3) is 0 Å². The Morgan fingerprint density at radius 1 is 1.06 bits per heavy atom. The van der Waals surface area contributed by atoms with Crippen molar-refractivity contribution < 1.29 is 9.59 Å². The Kier molecular flexibility index (Phi) is 6.55. The highest BCUT2D eigenvalue weighted by atomic mass is 35.5. The monoisotopic (exact) mass is 452 g/mol. The molecule has 32 heavy (non-hydrogen) atoms. The molecule has 0 saturated carbocycles. The first-order valence-electron chi connectivity index (χ1n) is 10.7. The maximum absolute atomic E-state index is 12.9. The van der Waals surface area contributed by atoms with Gasteiger partial charge in [-0.2, -0.15) is 5.10 Å². The Hall–Kier alpha value is -3.19. The quantitative estimate of drug-likeness (QED) is 0.535. The van der Waals surface area contributed by atoms with E-state index in [-0.39, 0.29) is 36.1 Å². The van der Waals surface area contributed by atoms with Crippen LogP contribution in [-0.4, -0.2) is 44.0 Å². The average Bonchev–Trinajstić information content (AvgIpc) is 3.12. The highest BCUT2D eigenvalue weighted by molar-refractivity contribution is 6.30. The summed E-state index contributed by atoms with van der Waals surface area (Å²) < 4.78 is 2.97. The van der Waals surface area contributed by atoms with Crippen molar-refractivity contribution in [2.24, 2.45) is 7.05 Å². The summed E-state index contributed by atoms with van der Waals surface area (Å²) in [7, 11) is 1.64. The summed E-state index contributed by atoms with van der Waals surface area (Å²) in [5.74, 6) is 0.486. The van der Waals surface area contributed by atoms with Gasteiger partial charge in [-0.1, -0.05) is 29.8 Å². The molecule has 0 N–H and O–H groups in total. The molecule has 0 aliphatic carbocycles. The molecule has 4 rings (SSSR count). The van der Waals surface area contributed by atoms with Crippen molar-refractivity contribution in [1.82, 2.24) is 19.2 Å². The normalized spacial score (nSPS) is 16.2. The molecular formula is C24H25ClN4O3. The number of benzene rings is 2. The average molecular weight is 453 g/mol. The summed E-state index contributed by atoms with van der Waals surface area (Å²) >= 11 is 5.87. The number of para-hydroxylation sites is 1. The first kappa shape index (κ1) is 22.0. The lowest BCUT2D eigenvalue weighted by Crippen LogP contribution is -2.40.